The minimum atomic E-state index is 0.473. The molecule has 0 unspecified atom stereocenters. The fourth-order valence-electron chi connectivity index (χ4n) is 2.78. The largest absolute Gasteiger partial charge is 0.496 e. The molecule has 0 aliphatic carbocycles. The number of aromatic nitrogens is 1. The van der Waals surface area contributed by atoms with Crippen LogP contribution in [0.1, 0.15) is 5.56 Å². The molecular formula is C18H16Cl2N2O2. The summed E-state index contributed by atoms with van der Waals surface area (Å²) in [6.45, 7) is 1.98. The summed E-state index contributed by atoms with van der Waals surface area (Å²) < 4.78 is 10.8. The van der Waals surface area contributed by atoms with E-state index in [-0.39, 0.29) is 0 Å². The van der Waals surface area contributed by atoms with E-state index in [1.165, 1.54) is 0 Å². The van der Waals surface area contributed by atoms with Crippen LogP contribution in [0.4, 0.5) is 5.69 Å². The summed E-state index contributed by atoms with van der Waals surface area (Å²) in [6.07, 6.45) is 0. The number of hydrogen-bond donors (Lipinski definition) is 1. The van der Waals surface area contributed by atoms with E-state index >= 15 is 0 Å². The Balaban J connectivity index is 2.44. The van der Waals surface area contributed by atoms with Crippen molar-refractivity contribution in [1.29, 1.82) is 0 Å². The first-order valence-corrected chi connectivity index (χ1v) is 7.99. The second-order valence-electron chi connectivity index (χ2n) is 5.38. The summed E-state index contributed by atoms with van der Waals surface area (Å²) in [4.78, 5) is 4.49. The van der Waals surface area contributed by atoms with Gasteiger partial charge in [0.25, 0.3) is 0 Å². The minimum Gasteiger partial charge on any atom is -0.496 e. The fourth-order valence-corrected chi connectivity index (χ4v) is 3.07. The minimum absolute atomic E-state index is 0.473. The lowest BCUT2D eigenvalue weighted by atomic mass is 9.95. The Morgan fingerprint density at radius 3 is 2.38 bits per heavy atom. The molecule has 124 valence electrons. The predicted molar refractivity (Wildman–Crippen MR) is 99.5 cm³/mol. The van der Waals surface area contributed by atoms with E-state index in [2.05, 4.69) is 4.98 Å². The van der Waals surface area contributed by atoms with Crippen LogP contribution in [0.2, 0.25) is 10.0 Å². The molecule has 0 saturated carbocycles. The molecule has 3 rings (SSSR count). The van der Waals surface area contributed by atoms with Gasteiger partial charge < -0.3 is 15.2 Å². The van der Waals surface area contributed by atoms with Crippen molar-refractivity contribution in [2.45, 2.75) is 6.92 Å². The van der Waals surface area contributed by atoms with Gasteiger partial charge in [0, 0.05) is 23.1 Å². The molecule has 0 amide bonds. The third-order valence-electron chi connectivity index (χ3n) is 3.89. The number of anilines is 1. The normalized spacial score (nSPS) is 10.9. The van der Waals surface area contributed by atoms with Gasteiger partial charge in [0.2, 0.25) is 5.88 Å². The molecule has 0 aliphatic heterocycles. The van der Waals surface area contributed by atoms with Gasteiger partial charge in [-0.25, -0.2) is 4.98 Å². The number of nitrogen functional groups attached to an aromatic ring is 1. The van der Waals surface area contributed by atoms with Crippen molar-refractivity contribution in [2.75, 3.05) is 20.0 Å². The quantitative estimate of drug-likeness (QED) is 0.657. The maximum absolute atomic E-state index is 6.20. The molecule has 2 aromatic carbocycles. The average molecular weight is 363 g/mol. The Morgan fingerprint density at radius 1 is 1.00 bits per heavy atom. The van der Waals surface area contributed by atoms with Gasteiger partial charge in [-0.1, -0.05) is 29.3 Å². The number of nitrogens with zero attached hydrogens (tertiary/aromatic N) is 1. The number of fused-ring (bicyclic) bond motifs is 1. The van der Waals surface area contributed by atoms with Crippen LogP contribution in [-0.2, 0) is 0 Å². The van der Waals surface area contributed by atoms with Crippen LogP contribution in [0, 0.1) is 6.92 Å². The Labute approximate surface area is 150 Å². The smallest absolute Gasteiger partial charge is 0.213 e. The maximum Gasteiger partial charge on any atom is 0.213 e. The van der Waals surface area contributed by atoms with Gasteiger partial charge in [-0.15, -0.1) is 0 Å². The first-order chi connectivity index (χ1) is 11.5. The number of rotatable bonds is 3. The van der Waals surface area contributed by atoms with Crippen LogP contribution in [0.3, 0.4) is 0 Å². The first kappa shape index (κ1) is 16.7. The van der Waals surface area contributed by atoms with Crippen molar-refractivity contribution >= 4 is 39.8 Å². The highest BCUT2D eigenvalue weighted by Gasteiger charge is 2.18. The van der Waals surface area contributed by atoms with E-state index in [9.17, 15) is 0 Å². The van der Waals surface area contributed by atoms with Crippen molar-refractivity contribution in [1.82, 2.24) is 4.98 Å². The Hall–Kier alpha value is -2.17. The molecular weight excluding hydrogens is 347 g/mol. The number of hydrogen-bond acceptors (Lipinski definition) is 4. The Kier molecular flexibility index (Phi) is 4.43. The molecule has 0 aliphatic rings. The molecule has 0 saturated heterocycles. The number of pyridine rings is 1. The zero-order valence-electron chi connectivity index (χ0n) is 13.5. The summed E-state index contributed by atoms with van der Waals surface area (Å²) in [5, 5.41) is 1.86. The summed E-state index contributed by atoms with van der Waals surface area (Å²) >= 11 is 12.2. The Bertz CT molecular complexity index is 942. The highest BCUT2D eigenvalue weighted by molar-refractivity contribution is 6.42. The van der Waals surface area contributed by atoms with Gasteiger partial charge >= 0.3 is 0 Å². The number of aryl methyl sites for hydroxylation is 1. The van der Waals surface area contributed by atoms with Gasteiger partial charge in [-0.05, 0) is 30.2 Å². The molecule has 3 aromatic rings. The van der Waals surface area contributed by atoms with Gasteiger partial charge in [0.15, 0.2) is 0 Å². The second kappa shape index (κ2) is 6.38. The first-order valence-electron chi connectivity index (χ1n) is 7.23. The molecule has 4 nitrogen and oxygen atoms in total. The molecule has 0 atom stereocenters. The summed E-state index contributed by atoms with van der Waals surface area (Å²) in [5.74, 6) is 1.16. The lowest BCUT2D eigenvalue weighted by Crippen LogP contribution is -1.99. The van der Waals surface area contributed by atoms with Gasteiger partial charge in [-0.3, -0.25) is 0 Å². The predicted octanol–water partition coefficient (Wildman–Crippen LogP) is 5.12. The van der Waals surface area contributed by atoms with Crippen molar-refractivity contribution in [3.63, 3.8) is 0 Å². The standard InChI is InChI=1S/C18H16Cl2N2O2/c1-9-6-15(24-3)22-18-13(21)8-14(23-2)17(16(9)18)10-4-5-11(19)12(20)7-10/h4-8H,21H2,1-3H3. The van der Waals surface area contributed by atoms with Crippen molar-refractivity contribution < 1.29 is 9.47 Å². The van der Waals surface area contributed by atoms with Crippen LogP contribution >= 0.6 is 23.2 Å². The van der Waals surface area contributed by atoms with E-state index in [4.69, 9.17) is 38.4 Å². The van der Waals surface area contributed by atoms with Crippen LogP contribution in [0.25, 0.3) is 22.0 Å². The molecule has 0 bridgehead atoms. The second-order valence-corrected chi connectivity index (χ2v) is 6.19. The van der Waals surface area contributed by atoms with Crippen LogP contribution < -0.4 is 15.2 Å². The third-order valence-corrected chi connectivity index (χ3v) is 4.63. The number of nitrogens with two attached hydrogens (primary N) is 1. The number of benzene rings is 2. The monoisotopic (exact) mass is 362 g/mol. The summed E-state index contributed by atoms with van der Waals surface area (Å²) in [6, 6.07) is 9.08. The van der Waals surface area contributed by atoms with Crippen molar-refractivity contribution in [2.24, 2.45) is 0 Å². The van der Waals surface area contributed by atoms with Crippen LogP contribution in [0.15, 0.2) is 30.3 Å². The molecule has 1 aromatic heterocycles. The highest BCUT2D eigenvalue weighted by Crippen LogP contribution is 2.43. The molecule has 0 radical (unpaired) electrons. The SMILES string of the molecule is COc1cc(C)c2c(-c3ccc(Cl)c(Cl)c3)c(OC)cc(N)c2n1. The lowest BCUT2D eigenvalue weighted by molar-refractivity contribution is 0.399. The van der Waals surface area contributed by atoms with Crippen LogP contribution in [-0.4, -0.2) is 19.2 Å². The van der Waals surface area contributed by atoms with Gasteiger partial charge in [0.05, 0.1) is 35.5 Å². The third kappa shape index (κ3) is 2.72. The summed E-state index contributed by atoms with van der Waals surface area (Å²) in [7, 11) is 3.18. The molecule has 6 heteroatoms. The maximum atomic E-state index is 6.20. The van der Waals surface area contributed by atoms with E-state index in [0.29, 0.717) is 32.9 Å². The lowest BCUT2D eigenvalue weighted by Gasteiger charge is -2.17. The molecule has 0 fully saturated rings. The molecule has 2 N–H and O–H groups in total. The zero-order chi connectivity index (χ0) is 17.4. The molecule has 0 spiro atoms. The van der Waals surface area contributed by atoms with E-state index < -0.39 is 0 Å². The van der Waals surface area contributed by atoms with Gasteiger partial charge in [0.1, 0.15) is 5.75 Å². The average Bonchev–Trinajstić information content (AvgIpc) is 2.57. The van der Waals surface area contributed by atoms with Gasteiger partial charge in [-0.2, -0.15) is 0 Å². The van der Waals surface area contributed by atoms with Crippen molar-refractivity contribution in [3.8, 4) is 22.8 Å². The molecule has 1 heterocycles. The fraction of sp³-hybridized carbons (Fsp3) is 0.167. The molecule has 24 heavy (non-hydrogen) atoms. The number of halogens is 2. The number of methoxy groups -OCH3 is 2. The van der Waals surface area contributed by atoms with Crippen LogP contribution in [0.5, 0.6) is 11.6 Å². The summed E-state index contributed by atoms with van der Waals surface area (Å²) in [5.41, 5.74) is 10.1. The highest BCUT2D eigenvalue weighted by atomic mass is 35.5. The number of ether oxygens (including phenoxy) is 2. The topological polar surface area (TPSA) is 57.4 Å². The van der Waals surface area contributed by atoms with E-state index in [1.807, 2.05) is 19.1 Å². The zero-order valence-corrected chi connectivity index (χ0v) is 15.0. The van der Waals surface area contributed by atoms with Crippen molar-refractivity contribution in [3.05, 3.63) is 45.9 Å². The Morgan fingerprint density at radius 2 is 1.75 bits per heavy atom. The van der Waals surface area contributed by atoms with E-state index in [0.717, 1.165) is 22.1 Å². The van der Waals surface area contributed by atoms with E-state index in [1.54, 1.807) is 32.4 Å².